The summed E-state index contributed by atoms with van der Waals surface area (Å²) in [6, 6.07) is 12.4. The molecule has 0 saturated carbocycles. The smallest absolute Gasteiger partial charge is 0.241 e. The molecule has 2 rings (SSSR count). The van der Waals surface area contributed by atoms with Gasteiger partial charge in [-0.3, -0.25) is 0 Å². The quantitative estimate of drug-likeness (QED) is 0.919. The minimum absolute atomic E-state index is 0.314. The number of rotatable bonds is 5. The van der Waals surface area contributed by atoms with Crippen LogP contribution in [-0.4, -0.2) is 15.5 Å². The summed E-state index contributed by atoms with van der Waals surface area (Å²) < 4.78 is 33.3. The minimum Gasteiger partial charge on any atom is -0.496 e. The van der Waals surface area contributed by atoms with Crippen LogP contribution < -0.4 is 9.46 Å². The Balaban J connectivity index is 2.34. The van der Waals surface area contributed by atoms with E-state index in [1.807, 2.05) is 43.3 Å². The van der Waals surface area contributed by atoms with Gasteiger partial charge in [0.15, 0.2) is 0 Å². The van der Waals surface area contributed by atoms with E-state index in [0.717, 1.165) is 16.7 Å². The standard InChI is InChI=1S/C17H21NO3S/c1-12-9-10-13(2)17(11-12)22(19,20)18-14(3)15-7-5-6-8-16(15)21-4/h5-11,14,18H,1-4H3/t14-/m1/s1. The molecule has 2 aromatic rings. The van der Waals surface area contributed by atoms with Crippen molar-refractivity contribution >= 4 is 10.0 Å². The molecule has 4 nitrogen and oxygen atoms in total. The molecule has 0 amide bonds. The maximum Gasteiger partial charge on any atom is 0.241 e. The van der Waals surface area contributed by atoms with E-state index < -0.39 is 10.0 Å². The van der Waals surface area contributed by atoms with Gasteiger partial charge in [-0.05, 0) is 44.0 Å². The zero-order valence-electron chi connectivity index (χ0n) is 13.3. The molecule has 5 heteroatoms. The number of aryl methyl sites for hydroxylation is 2. The molecule has 0 unspecified atom stereocenters. The lowest BCUT2D eigenvalue weighted by atomic mass is 10.1. The number of hydrogen-bond donors (Lipinski definition) is 1. The highest BCUT2D eigenvalue weighted by atomic mass is 32.2. The molecule has 0 aliphatic heterocycles. The van der Waals surface area contributed by atoms with Gasteiger partial charge in [0.2, 0.25) is 10.0 Å². The third kappa shape index (κ3) is 3.48. The number of para-hydroxylation sites is 1. The van der Waals surface area contributed by atoms with E-state index in [2.05, 4.69) is 4.72 Å². The van der Waals surface area contributed by atoms with Gasteiger partial charge in [0.1, 0.15) is 5.75 Å². The molecule has 118 valence electrons. The van der Waals surface area contributed by atoms with Crippen LogP contribution in [0.25, 0.3) is 0 Å². The third-order valence-corrected chi connectivity index (χ3v) is 5.25. The number of nitrogens with one attached hydrogen (secondary N) is 1. The lowest BCUT2D eigenvalue weighted by Crippen LogP contribution is -2.27. The second-order valence-electron chi connectivity index (χ2n) is 5.35. The highest BCUT2D eigenvalue weighted by Crippen LogP contribution is 2.26. The van der Waals surface area contributed by atoms with Gasteiger partial charge in [-0.25, -0.2) is 13.1 Å². The first-order valence-corrected chi connectivity index (χ1v) is 8.56. The van der Waals surface area contributed by atoms with Crippen LogP contribution in [-0.2, 0) is 10.0 Å². The van der Waals surface area contributed by atoms with Crippen LogP contribution in [0.2, 0.25) is 0 Å². The summed E-state index contributed by atoms with van der Waals surface area (Å²) in [5, 5.41) is 0. The van der Waals surface area contributed by atoms with Crippen LogP contribution in [0.3, 0.4) is 0 Å². The average Bonchev–Trinajstić information content (AvgIpc) is 2.49. The second-order valence-corrected chi connectivity index (χ2v) is 7.04. The van der Waals surface area contributed by atoms with Crippen LogP contribution in [0.15, 0.2) is 47.4 Å². The second kappa shape index (κ2) is 6.50. The topological polar surface area (TPSA) is 55.4 Å². The summed E-state index contributed by atoms with van der Waals surface area (Å²) in [6.45, 7) is 5.48. The molecule has 0 saturated heterocycles. The Bertz CT molecular complexity index is 769. The lowest BCUT2D eigenvalue weighted by Gasteiger charge is -2.18. The first kappa shape index (κ1) is 16.5. The van der Waals surface area contributed by atoms with Gasteiger partial charge in [0.05, 0.1) is 12.0 Å². The van der Waals surface area contributed by atoms with Gasteiger partial charge in [0, 0.05) is 11.6 Å². The van der Waals surface area contributed by atoms with Crippen molar-refractivity contribution < 1.29 is 13.2 Å². The zero-order valence-corrected chi connectivity index (χ0v) is 14.1. The number of methoxy groups -OCH3 is 1. The fourth-order valence-corrected chi connectivity index (χ4v) is 3.93. The van der Waals surface area contributed by atoms with Crippen molar-refractivity contribution in [2.45, 2.75) is 31.7 Å². The molecule has 0 bridgehead atoms. The molecular weight excluding hydrogens is 298 g/mol. The van der Waals surface area contributed by atoms with E-state index >= 15 is 0 Å². The van der Waals surface area contributed by atoms with Crippen molar-refractivity contribution in [1.82, 2.24) is 4.72 Å². The summed E-state index contributed by atoms with van der Waals surface area (Å²) in [6.07, 6.45) is 0. The van der Waals surface area contributed by atoms with E-state index in [0.29, 0.717) is 10.6 Å². The summed E-state index contributed by atoms with van der Waals surface area (Å²) in [7, 11) is -2.02. The maximum absolute atomic E-state index is 12.6. The van der Waals surface area contributed by atoms with Crippen molar-refractivity contribution in [3.05, 3.63) is 59.2 Å². The maximum atomic E-state index is 12.6. The van der Waals surface area contributed by atoms with Crippen LogP contribution in [0.4, 0.5) is 0 Å². The predicted molar refractivity (Wildman–Crippen MR) is 87.6 cm³/mol. The van der Waals surface area contributed by atoms with Gasteiger partial charge in [-0.2, -0.15) is 0 Å². The van der Waals surface area contributed by atoms with Gasteiger partial charge in [-0.1, -0.05) is 30.3 Å². The Morgan fingerprint density at radius 2 is 1.77 bits per heavy atom. The van der Waals surface area contributed by atoms with Crippen LogP contribution in [0.1, 0.15) is 29.7 Å². The van der Waals surface area contributed by atoms with Gasteiger partial charge in [0.25, 0.3) is 0 Å². The van der Waals surface area contributed by atoms with Crippen molar-refractivity contribution in [1.29, 1.82) is 0 Å². The van der Waals surface area contributed by atoms with E-state index in [1.54, 1.807) is 27.0 Å². The van der Waals surface area contributed by atoms with E-state index in [1.165, 1.54) is 0 Å². The highest BCUT2D eigenvalue weighted by Gasteiger charge is 2.22. The average molecular weight is 319 g/mol. The van der Waals surface area contributed by atoms with Crippen molar-refractivity contribution in [2.24, 2.45) is 0 Å². The summed E-state index contributed by atoms with van der Waals surface area (Å²) in [5.74, 6) is 0.665. The Hall–Kier alpha value is -1.85. The van der Waals surface area contributed by atoms with E-state index in [9.17, 15) is 8.42 Å². The molecule has 0 heterocycles. The Labute approximate surface area is 132 Å². The molecule has 0 aromatic heterocycles. The number of benzene rings is 2. The molecule has 0 radical (unpaired) electrons. The molecule has 0 aliphatic carbocycles. The molecule has 1 atom stereocenters. The largest absolute Gasteiger partial charge is 0.496 e. The summed E-state index contributed by atoms with van der Waals surface area (Å²) >= 11 is 0. The number of ether oxygens (including phenoxy) is 1. The van der Waals surface area contributed by atoms with Crippen LogP contribution in [0.5, 0.6) is 5.75 Å². The summed E-state index contributed by atoms with van der Waals surface area (Å²) in [4.78, 5) is 0.314. The van der Waals surface area contributed by atoms with Crippen LogP contribution >= 0.6 is 0 Å². The minimum atomic E-state index is -3.59. The van der Waals surface area contributed by atoms with E-state index in [-0.39, 0.29) is 6.04 Å². The van der Waals surface area contributed by atoms with Crippen molar-refractivity contribution in [3.8, 4) is 5.75 Å². The lowest BCUT2D eigenvalue weighted by molar-refractivity contribution is 0.405. The molecular formula is C17H21NO3S. The SMILES string of the molecule is COc1ccccc1[C@@H](C)NS(=O)(=O)c1cc(C)ccc1C. The van der Waals surface area contributed by atoms with Gasteiger partial charge < -0.3 is 4.74 Å². The first-order valence-electron chi connectivity index (χ1n) is 7.07. The van der Waals surface area contributed by atoms with E-state index in [4.69, 9.17) is 4.74 Å². The molecule has 22 heavy (non-hydrogen) atoms. The van der Waals surface area contributed by atoms with Crippen LogP contribution in [0, 0.1) is 13.8 Å². The Morgan fingerprint density at radius 3 is 2.45 bits per heavy atom. The van der Waals surface area contributed by atoms with Gasteiger partial charge in [-0.15, -0.1) is 0 Å². The molecule has 1 N–H and O–H groups in total. The normalized spacial score (nSPS) is 12.9. The zero-order chi connectivity index (χ0) is 16.3. The monoisotopic (exact) mass is 319 g/mol. The number of hydrogen-bond acceptors (Lipinski definition) is 3. The third-order valence-electron chi connectivity index (χ3n) is 3.57. The van der Waals surface area contributed by atoms with Crippen molar-refractivity contribution in [2.75, 3.05) is 7.11 Å². The van der Waals surface area contributed by atoms with Crippen molar-refractivity contribution in [3.63, 3.8) is 0 Å². The number of sulfonamides is 1. The Kier molecular flexibility index (Phi) is 4.88. The molecule has 0 spiro atoms. The first-order chi connectivity index (χ1) is 10.3. The Morgan fingerprint density at radius 1 is 1.09 bits per heavy atom. The fraction of sp³-hybridized carbons (Fsp3) is 0.294. The predicted octanol–water partition coefficient (Wildman–Crippen LogP) is 3.35. The highest BCUT2D eigenvalue weighted by molar-refractivity contribution is 7.89. The van der Waals surface area contributed by atoms with Gasteiger partial charge >= 0.3 is 0 Å². The molecule has 0 aliphatic rings. The summed E-state index contributed by atoms with van der Waals surface area (Å²) in [5.41, 5.74) is 2.44. The fourth-order valence-electron chi connectivity index (χ4n) is 2.38. The molecule has 0 fully saturated rings. The molecule has 2 aromatic carbocycles.